The molecule has 0 aliphatic carbocycles. The number of carbonyl (C=O) groups excluding carboxylic acids is 1. The number of hydrogen-bond donors (Lipinski definition) is 3. The van der Waals surface area contributed by atoms with Gasteiger partial charge < -0.3 is 15.2 Å². The van der Waals surface area contributed by atoms with E-state index in [0.717, 1.165) is 38.2 Å². The van der Waals surface area contributed by atoms with Gasteiger partial charge in [-0.3, -0.25) is 14.8 Å². The number of ether oxygens (including phenoxy) is 1. The molecule has 0 saturated carbocycles. The number of rotatable bonds is 4. The molecule has 1 aromatic carbocycles. The van der Waals surface area contributed by atoms with Crippen LogP contribution in [0.5, 0.6) is 0 Å². The lowest BCUT2D eigenvalue weighted by Gasteiger charge is -2.51. The van der Waals surface area contributed by atoms with E-state index in [-0.39, 0.29) is 11.5 Å². The zero-order valence-corrected chi connectivity index (χ0v) is 16.2. The van der Waals surface area contributed by atoms with Crippen LogP contribution in [0.3, 0.4) is 0 Å². The highest BCUT2D eigenvalue weighted by atomic mass is 16.5. The number of aromatic nitrogens is 2. The van der Waals surface area contributed by atoms with Gasteiger partial charge in [-0.2, -0.15) is 5.10 Å². The Bertz CT molecular complexity index is 783. The molecule has 1 aromatic heterocycles. The number of carbonyl (C=O) groups is 1. The van der Waals surface area contributed by atoms with Crippen molar-refractivity contribution in [2.45, 2.75) is 50.0 Å². The average Bonchev–Trinajstić information content (AvgIpc) is 3.19. The summed E-state index contributed by atoms with van der Waals surface area (Å²) in [7, 11) is 0. The summed E-state index contributed by atoms with van der Waals surface area (Å²) in [6.07, 6.45) is 4.04. The highest BCUT2D eigenvalue weighted by molar-refractivity contribution is 5.94. The van der Waals surface area contributed by atoms with Gasteiger partial charge in [-0.15, -0.1) is 0 Å². The molecule has 4 rings (SSSR count). The highest BCUT2D eigenvalue weighted by Crippen LogP contribution is 2.39. The van der Waals surface area contributed by atoms with Gasteiger partial charge in [0, 0.05) is 43.5 Å². The fourth-order valence-corrected chi connectivity index (χ4v) is 4.35. The van der Waals surface area contributed by atoms with Gasteiger partial charge in [-0.25, -0.2) is 0 Å². The first kappa shape index (κ1) is 19.1. The van der Waals surface area contributed by atoms with Crippen LogP contribution in [0.25, 0.3) is 0 Å². The molecular weight excluding hydrogens is 356 g/mol. The van der Waals surface area contributed by atoms with Crippen LogP contribution in [-0.2, 0) is 11.3 Å². The van der Waals surface area contributed by atoms with Crippen molar-refractivity contribution in [3.05, 3.63) is 53.9 Å². The number of nitrogens with zero attached hydrogens (tertiary/aromatic N) is 2. The van der Waals surface area contributed by atoms with Gasteiger partial charge in [0.05, 0.1) is 23.9 Å². The number of likely N-dealkylation sites (tertiary alicyclic amines) is 1. The molecule has 150 valence electrons. The fraction of sp³-hybridized carbons (Fsp3) is 0.524. The summed E-state index contributed by atoms with van der Waals surface area (Å²) < 4.78 is 6.25. The largest absolute Gasteiger partial charge is 0.388 e. The minimum atomic E-state index is -1.01. The lowest BCUT2D eigenvalue weighted by atomic mass is 9.75. The normalized spacial score (nSPS) is 27.6. The molecule has 7 heteroatoms. The summed E-state index contributed by atoms with van der Waals surface area (Å²) in [5, 5.41) is 21.1. The molecule has 1 amide bonds. The van der Waals surface area contributed by atoms with Crippen molar-refractivity contribution < 1.29 is 14.6 Å². The van der Waals surface area contributed by atoms with E-state index in [9.17, 15) is 9.90 Å². The molecule has 2 atom stereocenters. The van der Waals surface area contributed by atoms with E-state index in [1.54, 1.807) is 18.3 Å². The maximum Gasteiger partial charge on any atom is 0.251 e. The second-order valence-corrected chi connectivity index (χ2v) is 8.28. The van der Waals surface area contributed by atoms with Crippen molar-refractivity contribution in [3.8, 4) is 0 Å². The lowest BCUT2D eigenvalue weighted by Crippen LogP contribution is -2.63. The first-order valence-corrected chi connectivity index (χ1v) is 9.89. The van der Waals surface area contributed by atoms with Crippen LogP contribution in [0, 0.1) is 0 Å². The van der Waals surface area contributed by atoms with Crippen LogP contribution in [0.4, 0.5) is 0 Å². The molecular formula is C21H28N4O3. The second kappa shape index (κ2) is 7.66. The van der Waals surface area contributed by atoms with Crippen molar-refractivity contribution in [1.82, 2.24) is 20.4 Å². The van der Waals surface area contributed by atoms with Crippen LogP contribution >= 0.6 is 0 Å². The summed E-state index contributed by atoms with van der Waals surface area (Å²) in [4.78, 5) is 14.8. The first-order chi connectivity index (χ1) is 13.5. The number of nitrogens with one attached hydrogen (secondary N) is 2. The minimum absolute atomic E-state index is 0.181. The quantitative estimate of drug-likeness (QED) is 0.747. The molecule has 0 radical (unpaired) electrons. The molecule has 2 aliphatic rings. The van der Waals surface area contributed by atoms with Gasteiger partial charge in [0.25, 0.3) is 5.91 Å². The van der Waals surface area contributed by atoms with Crippen molar-refractivity contribution >= 4 is 5.91 Å². The van der Waals surface area contributed by atoms with Crippen LogP contribution in [-0.4, -0.2) is 63.1 Å². The minimum Gasteiger partial charge on any atom is -0.388 e. The molecule has 2 aliphatic heterocycles. The summed E-state index contributed by atoms with van der Waals surface area (Å²) in [6.45, 7) is 4.81. The van der Waals surface area contributed by atoms with Crippen LogP contribution in [0.15, 0.2) is 42.6 Å². The monoisotopic (exact) mass is 384 g/mol. The van der Waals surface area contributed by atoms with Crippen LogP contribution < -0.4 is 5.32 Å². The highest BCUT2D eigenvalue weighted by Gasteiger charge is 2.49. The van der Waals surface area contributed by atoms with E-state index in [0.29, 0.717) is 18.6 Å². The maximum atomic E-state index is 12.5. The van der Waals surface area contributed by atoms with Crippen molar-refractivity contribution in [3.63, 3.8) is 0 Å². The topological polar surface area (TPSA) is 90.5 Å². The maximum absolute atomic E-state index is 12.5. The Labute approximate surface area is 165 Å². The third-order valence-corrected chi connectivity index (χ3v) is 6.05. The number of aliphatic hydroxyl groups is 1. The molecule has 3 heterocycles. The van der Waals surface area contributed by atoms with E-state index < -0.39 is 11.6 Å². The average molecular weight is 384 g/mol. The van der Waals surface area contributed by atoms with Gasteiger partial charge in [0.2, 0.25) is 0 Å². The Balaban J connectivity index is 1.34. The Morgan fingerprint density at radius 3 is 2.71 bits per heavy atom. The van der Waals surface area contributed by atoms with Crippen LogP contribution in [0.1, 0.15) is 42.2 Å². The number of aromatic amines is 1. The number of H-pyrrole nitrogens is 1. The van der Waals surface area contributed by atoms with Gasteiger partial charge in [-0.05, 0) is 38.0 Å². The van der Waals surface area contributed by atoms with E-state index in [1.165, 1.54) is 0 Å². The Hall–Kier alpha value is -2.22. The first-order valence-electron chi connectivity index (χ1n) is 9.89. The summed E-state index contributed by atoms with van der Waals surface area (Å²) in [5.74, 6) is -0.181. The van der Waals surface area contributed by atoms with Gasteiger partial charge in [0.1, 0.15) is 0 Å². The van der Waals surface area contributed by atoms with E-state index in [4.69, 9.17) is 4.74 Å². The molecule has 3 N–H and O–H groups in total. The third kappa shape index (κ3) is 4.11. The van der Waals surface area contributed by atoms with E-state index in [1.807, 2.05) is 31.2 Å². The van der Waals surface area contributed by atoms with Crippen LogP contribution in [0.2, 0.25) is 0 Å². The number of hydrogen-bond acceptors (Lipinski definition) is 5. The molecule has 1 spiro atoms. The van der Waals surface area contributed by atoms with E-state index in [2.05, 4.69) is 20.4 Å². The molecule has 2 saturated heterocycles. The summed E-state index contributed by atoms with van der Waals surface area (Å²) in [6, 6.07) is 10.6. The Morgan fingerprint density at radius 1 is 1.32 bits per heavy atom. The van der Waals surface area contributed by atoms with Gasteiger partial charge in [0.15, 0.2) is 0 Å². The zero-order chi connectivity index (χ0) is 19.6. The Kier molecular flexibility index (Phi) is 5.23. The molecule has 0 bridgehead atoms. The smallest absolute Gasteiger partial charge is 0.251 e. The molecule has 2 fully saturated rings. The second-order valence-electron chi connectivity index (χ2n) is 8.28. The molecule has 28 heavy (non-hydrogen) atoms. The molecule has 7 nitrogen and oxygen atoms in total. The third-order valence-electron chi connectivity index (χ3n) is 6.05. The summed E-state index contributed by atoms with van der Waals surface area (Å²) >= 11 is 0. The predicted octanol–water partition coefficient (Wildman–Crippen LogP) is 1.71. The SMILES string of the molecule is C[C@]1(O)CC2(CCN(Cc3ccn[nH]3)CC2)OC[C@@H]1NC(=O)c1ccccc1. The molecule has 0 unspecified atom stereocenters. The fourth-order valence-electron chi connectivity index (χ4n) is 4.35. The number of piperidine rings is 1. The molecule has 2 aromatic rings. The number of amides is 1. The lowest BCUT2D eigenvalue weighted by molar-refractivity contribution is -0.186. The van der Waals surface area contributed by atoms with Gasteiger partial charge >= 0.3 is 0 Å². The van der Waals surface area contributed by atoms with Crippen molar-refractivity contribution in [2.24, 2.45) is 0 Å². The van der Waals surface area contributed by atoms with Crippen molar-refractivity contribution in [1.29, 1.82) is 0 Å². The standard InChI is InChI=1S/C21H28N4O3/c1-20(27)15-21(8-11-25(12-9-21)13-17-7-10-22-24-17)28-14-18(20)23-19(26)16-5-3-2-4-6-16/h2-7,10,18,27H,8-9,11-15H2,1H3,(H,22,24)(H,23,26)/t18-,20-/m0/s1. The number of benzene rings is 1. The Morgan fingerprint density at radius 2 is 2.07 bits per heavy atom. The summed E-state index contributed by atoms with van der Waals surface area (Å²) in [5.41, 5.74) is 0.373. The zero-order valence-electron chi connectivity index (χ0n) is 16.2. The van der Waals surface area contributed by atoms with Crippen molar-refractivity contribution in [2.75, 3.05) is 19.7 Å². The predicted molar refractivity (Wildman–Crippen MR) is 105 cm³/mol. The van der Waals surface area contributed by atoms with Gasteiger partial charge in [-0.1, -0.05) is 18.2 Å². The van der Waals surface area contributed by atoms with E-state index >= 15 is 0 Å².